The molecule has 1 atom stereocenters. The van der Waals surface area contributed by atoms with Crippen molar-refractivity contribution in [1.82, 2.24) is 10.6 Å². The smallest absolute Gasteiger partial charge is 0.315 e. The summed E-state index contributed by atoms with van der Waals surface area (Å²) >= 11 is 0. The minimum Gasteiger partial charge on any atom is -0.497 e. The second-order valence-corrected chi connectivity index (χ2v) is 5.47. The van der Waals surface area contributed by atoms with Crippen LogP contribution in [-0.2, 0) is 13.0 Å². The van der Waals surface area contributed by atoms with Crippen molar-refractivity contribution in [1.29, 1.82) is 0 Å². The van der Waals surface area contributed by atoms with E-state index in [1.165, 1.54) is 11.1 Å². The van der Waals surface area contributed by atoms with Crippen LogP contribution in [0.1, 0.15) is 29.2 Å². The second-order valence-electron chi connectivity index (χ2n) is 5.47. The van der Waals surface area contributed by atoms with Gasteiger partial charge in [0.05, 0.1) is 13.2 Å². The van der Waals surface area contributed by atoms with E-state index in [4.69, 9.17) is 4.74 Å². The van der Waals surface area contributed by atoms with Gasteiger partial charge in [0.1, 0.15) is 5.75 Å². The number of benzene rings is 2. The second kappa shape index (κ2) is 6.52. The summed E-state index contributed by atoms with van der Waals surface area (Å²) < 4.78 is 5.12. The number of hydrogen-bond acceptors (Lipinski definition) is 2. The highest BCUT2D eigenvalue weighted by atomic mass is 16.5. The van der Waals surface area contributed by atoms with Gasteiger partial charge in [0.15, 0.2) is 0 Å². The van der Waals surface area contributed by atoms with Gasteiger partial charge >= 0.3 is 6.03 Å². The average molecular weight is 296 g/mol. The molecule has 4 heteroatoms. The first kappa shape index (κ1) is 14.4. The first-order valence-corrected chi connectivity index (χ1v) is 7.51. The van der Waals surface area contributed by atoms with Crippen molar-refractivity contribution in [3.63, 3.8) is 0 Å². The van der Waals surface area contributed by atoms with Crippen molar-refractivity contribution in [2.75, 3.05) is 7.11 Å². The van der Waals surface area contributed by atoms with E-state index < -0.39 is 0 Å². The summed E-state index contributed by atoms with van der Waals surface area (Å²) in [6, 6.07) is 16.0. The van der Waals surface area contributed by atoms with Crippen molar-refractivity contribution in [3.05, 3.63) is 65.2 Å². The molecule has 0 heterocycles. The third kappa shape index (κ3) is 3.22. The van der Waals surface area contributed by atoms with Gasteiger partial charge in [-0.2, -0.15) is 0 Å². The predicted octanol–water partition coefficient (Wildman–Crippen LogP) is 3.18. The summed E-state index contributed by atoms with van der Waals surface area (Å²) in [5, 5.41) is 5.96. The molecule has 114 valence electrons. The SMILES string of the molecule is COc1ccc(CNC(=O)NC2CCc3ccccc32)cc1. The maximum Gasteiger partial charge on any atom is 0.315 e. The Kier molecular flexibility index (Phi) is 4.28. The summed E-state index contributed by atoms with van der Waals surface area (Å²) in [6.07, 6.45) is 1.99. The molecular formula is C18H20N2O2. The maximum atomic E-state index is 12.1. The minimum absolute atomic E-state index is 0.118. The van der Waals surface area contributed by atoms with Crippen LogP contribution < -0.4 is 15.4 Å². The normalized spacial score (nSPS) is 16.0. The Morgan fingerprint density at radius 1 is 1.18 bits per heavy atom. The summed E-state index contributed by atoms with van der Waals surface area (Å²) in [6.45, 7) is 0.504. The Labute approximate surface area is 130 Å². The van der Waals surface area contributed by atoms with E-state index in [2.05, 4.69) is 22.8 Å². The first-order chi connectivity index (χ1) is 10.8. The largest absolute Gasteiger partial charge is 0.497 e. The molecule has 22 heavy (non-hydrogen) atoms. The monoisotopic (exact) mass is 296 g/mol. The van der Waals surface area contributed by atoms with Crippen molar-refractivity contribution in [2.45, 2.75) is 25.4 Å². The Morgan fingerprint density at radius 3 is 2.73 bits per heavy atom. The van der Waals surface area contributed by atoms with Crippen LogP contribution in [0, 0.1) is 0 Å². The zero-order valence-corrected chi connectivity index (χ0v) is 12.6. The molecule has 1 aliphatic carbocycles. The number of carbonyl (C=O) groups excluding carboxylic acids is 1. The number of fused-ring (bicyclic) bond motifs is 1. The molecule has 1 unspecified atom stereocenters. The van der Waals surface area contributed by atoms with Crippen LogP contribution in [0.25, 0.3) is 0 Å². The molecule has 0 aromatic heterocycles. The fourth-order valence-corrected chi connectivity index (χ4v) is 2.84. The van der Waals surface area contributed by atoms with E-state index in [0.717, 1.165) is 24.2 Å². The molecule has 0 saturated carbocycles. The lowest BCUT2D eigenvalue weighted by Crippen LogP contribution is -2.36. The summed E-state index contributed by atoms with van der Waals surface area (Å²) in [5.74, 6) is 0.816. The van der Waals surface area contributed by atoms with Gasteiger partial charge in [-0.3, -0.25) is 0 Å². The van der Waals surface area contributed by atoms with Crippen molar-refractivity contribution < 1.29 is 9.53 Å². The molecule has 0 saturated heterocycles. The molecule has 0 radical (unpaired) electrons. The van der Waals surface area contributed by atoms with Crippen molar-refractivity contribution in [2.24, 2.45) is 0 Å². The minimum atomic E-state index is -0.127. The molecule has 2 aromatic carbocycles. The summed E-state index contributed by atoms with van der Waals surface area (Å²) in [7, 11) is 1.64. The van der Waals surface area contributed by atoms with Gasteiger partial charge in [-0.15, -0.1) is 0 Å². The van der Waals surface area contributed by atoms with Gasteiger partial charge in [0.25, 0.3) is 0 Å². The van der Waals surface area contributed by atoms with E-state index in [1.807, 2.05) is 36.4 Å². The number of ether oxygens (including phenoxy) is 1. The van der Waals surface area contributed by atoms with Gasteiger partial charge in [-0.1, -0.05) is 36.4 Å². The van der Waals surface area contributed by atoms with Gasteiger partial charge in [0.2, 0.25) is 0 Å². The molecule has 2 amide bonds. The number of nitrogens with one attached hydrogen (secondary N) is 2. The maximum absolute atomic E-state index is 12.1. The number of amides is 2. The summed E-state index contributed by atoms with van der Waals surface area (Å²) in [4.78, 5) is 12.1. The Morgan fingerprint density at radius 2 is 1.95 bits per heavy atom. The molecule has 3 rings (SSSR count). The standard InChI is InChI=1S/C18H20N2O2/c1-22-15-9-6-13(7-10-15)12-19-18(21)20-17-11-8-14-4-2-3-5-16(14)17/h2-7,9-10,17H,8,11-12H2,1H3,(H2,19,20,21). The van der Waals surface area contributed by atoms with E-state index in [-0.39, 0.29) is 12.1 Å². The predicted molar refractivity (Wildman–Crippen MR) is 85.9 cm³/mol. The molecule has 1 aliphatic rings. The number of urea groups is 1. The van der Waals surface area contributed by atoms with Crippen LogP contribution in [0.3, 0.4) is 0 Å². The van der Waals surface area contributed by atoms with Crippen LogP contribution in [0.4, 0.5) is 4.79 Å². The van der Waals surface area contributed by atoms with Crippen molar-refractivity contribution in [3.8, 4) is 5.75 Å². The van der Waals surface area contributed by atoms with E-state index >= 15 is 0 Å². The Bertz CT molecular complexity index is 652. The molecule has 0 fully saturated rings. The van der Waals surface area contributed by atoms with Crippen LogP contribution in [0.15, 0.2) is 48.5 Å². The quantitative estimate of drug-likeness (QED) is 0.910. The van der Waals surface area contributed by atoms with Crippen LogP contribution in [0.2, 0.25) is 0 Å². The molecule has 0 bridgehead atoms. The third-order valence-corrected chi connectivity index (χ3v) is 4.05. The van der Waals surface area contributed by atoms with Gasteiger partial charge in [0, 0.05) is 6.54 Å². The highest BCUT2D eigenvalue weighted by Crippen LogP contribution is 2.30. The molecule has 2 aromatic rings. The Hall–Kier alpha value is -2.49. The third-order valence-electron chi connectivity index (χ3n) is 4.05. The fourth-order valence-electron chi connectivity index (χ4n) is 2.84. The van der Waals surface area contributed by atoms with Gasteiger partial charge in [-0.25, -0.2) is 4.79 Å². The van der Waals surface area contributed by atoms with Gasteiger partial charge in [-0.05, 0) is 41.7 Å². The Balaban J connectivity index is 1.53. The van der Waals surface area contributed by atoms with E-state index in [1.54, 1.807) is 7.11 Å². The first-order valence-electron chi connectivity index (χ1n) is 7.51. The number of aryl methyl sites for hydroxylation is 1. The lowest BCUT2D eigenvalue weighted by molar-refractivity contribution is 0.236. The average Bonchev–Trinajstić information content (AvgIpc) is 2.97. The van der Waals surface area contributed by atoms with Crippen LogP contribution >= 0.6 is 0 Å². The molecule has 2 N–H and O–H groups in total. The molecule has 0 spiro atoms. The van der Waals surface area contributed by atoms with Crippen LogP contribution in [0.5, 0.6) is 5.75 Å². The lowest BCUT2D eigenvalue weighted by atomic mass is 10.1. The zero-order valence-electron chi connectivity index (χ0n) is 12.6. The number of methoxy groups -OCH3 is 1. The van der Waals surface area contributed by atoms with E-state index in [0.29, 0.717) is 6.54 Å². The zero-order chi connectivity index (χ0) is 15.4. The topological polar surface area (TPSA) is 50.4 Å². The number of rotatable bonds is 4. The molecule has 4 nitrogen and oxygen atoms in total. The van der Waals surface area contributed by atoms with Crippen molar-refractivity contribution >= 4 is 6.03 Å². The lowest BCUT2D eigenvalue weighted by Gasteiger charge is -2.15. The summed E-state index contributed by atoms with van der Waals surface area (Å²) in [5.41, 5.74) is 3.62. The molecular weight excluding hydrogens is 276 g/mol. The number of carbonyl (C=O) groups is 1. The van der Waals surface area contributed by atoms with Crippen LogP contribution in [-0.4, -0.2) is 13.1 Å². The highest BCUT2D eigenvalue weighted by molar-refractivity contribution is 5.74. The highest BCUT2D eigenvalue weighted by Gasteiger charge is 2.23. The number of hydrogen-bond donors (Lipinski definition) is 2. The molecule has 0 aliphatic heterocycles. The fraction of sp³-hybridized carbons (Fsp3) is 0.278. The van der Waals surface area contributed by atoms with Gasteiger partial charge < -0.3 is 15.4 Å². The van der Waals surface area contributed by atoms with E-state index in [9.17, 15) is 4.79 Å².